The number of nitrogens with one attached hydrogen (secondary N) is 1. The first kappa shape index (κ1) is 15.5. The molecule has 1 N–H and O–H groups in total. The molecule has 5 nitrogen and oxygen atoms in total. The highest BCUT2D eigenvalue weighted by atomic mass is 79.9. The van der Waals surface area contributed by atoms with Crippen molar-refractivity contribution in [2.75, 3.05) is 0 Å². The fraction of sp³-hybridized carbons (Fsp3) is 0.250. The van der Waals surface area contributed by atoms with E-state index in [1.54, 1.807) is 13.8 Å². The van der Waals surface area contributed by atoms with Gasteiger partial charge in [0.05, 0.1) is 15.4 Å². The minimum Gasteiger partial charge on any atom is -0.360 e. The molecule has 2 aromatic rings. The minimum atomic E-state index is -3.64. The second-order valence-electron chi connectivity index (χ2n) is 4.23. The second-order valence-corrected chi connectivity index (χ2v) is 7.18. The fourth-order valence-electron chi connectivity index (χ4n) is 1.62. The summed E-state index contributed by atoms with van der Waals surface area (Å²) in [6, 6.07) is 5.41. The van der Waals surface area contributed by atoms with Crippen molar-refractivity contribution in [2.24, 2.45) is 0 Å². The molecule has 1 aromatic heterocycles. The highest BCUT2D eigenvalue weighted by Crippen LogP contribution is 2.26. The number of aryl methyl sites for hydroxylation is 1. The number of benzene rings is 1. The monoisotopic (exact) mass is 378 g/mol. The standard InChI is InChI=1S/C12H12BrClN2O3S/c1-7(12-11(13)8(2)19-15-12)16-20(17,18)10-5-3-9(14)4-6-10/h3-7,16H,1-2H3. The van der Waals surface area contributed by atoms with Gasteiger partial charge >= 0.3 is 0 Å². The molecule has 0 bridgehead atoms. The summed E-state index contributed by atoms with van der Waals surface area (Å²) in [4.78, 5) is 0.144. The van der Waals surface area contributed by atoms with E-state index in [1.807, 2.05) is 0 Å². The second kappa shape index (κ2) is 5.85. The molecule has 0 fully saturated rings. The smallest absolute Gasteiger partial charge is 0.241 e. The normalized spacial score (nSPS) is 13.4. The van der Waals surface area contributed by atoms with Crippen LogP contribution in [0.3, 0.4) is 0 Å². The Hall–Kier alpha value is -0.890. The number of nitrogens with zero attached hydrogens (tertiary/aromatic N) is 1. The van der Waals surface area contributed by atoms with E-state index in [2.05, 4.69) is 25.8 Å². The van der Waals surface area contributed by atoms with Crippen LogP contribution in [0, 0.1) is 6.92 Å². The first-order valence-electron chi connectivity index (χ1n) is 5.71. The number of sulfonamides is 1. The van der Waals surface area contributed by atoms with Gasteiger partial charge in [0, 0.05) is 5.02 Å². The summed E-state index contributed by atoms with van der Waals surface area (Å²) in [7, 11) is -3.64. The molecule has 0 spiro atoms. The quantitative estimate of drug-likeness (QED) is 0.883. The maximum absolute atomic E-state index is 12.2. The van der Waals surface area contributed by atoms with Crippen molar-refractivity contribution >= 4 is 37.6 Å². The van der Waals surface area contributed by atoms with Crippen LogP contribution in [-0.4, -0.2) is 13.6 Å². The Bertz CT molecular complexity index is 713. The van der Waals surface area contributed by atoms with Gasteiger partial charge in [0.1, 0.15) is 11.5 Å². The number of rotatable bonds is 4. The van der Waals surface area contributed by atoms with Crippen LogP contribution >= 0.6 is 27.5 Å². The van der Waals surface area contributed by atoms with Crippen molar-refractivity contribution in [3.8, 4) is 0 Å². The Kier molecular flexibility index (Phi) is 4.53. The van der Waals surface area contributed by atoms with Crippen molar-refractivity contribution in [2.45, 2.75) is 24.8 Å². The molecule has 108 valence electrons. The third-order valence-corrected chi connectivity index (χ3v) is 5.45. The van der Waals surface area contributed by atoms with Crippen LogP contribution in [0.5, 0.6) is 0 Å². The van der Waals surface area contributed by atoms with E-state index in [9.17, 15) is 8.42 Å². The average molecular weight is 380 g/mol. The SMILES string of the molecule is Cc1onc(C(C)NS(=O)(=O)c2ccc(Cl)cc2)c1Br. The van der Waals surface area contributed by atoms with Crippen LogP contribution in [0.2, 0.25) is 5.02 Å². The zero-order chi connectivity index (χ0) is 14.9. The van der Waals surface area contributed by atoms with Crippen molar-refractivity contribution in [3.63, 3.8) is 0 Å². The molecule has 0 saturated carbocycles. The lowest BCUT2D eigenvalue weighted by molar-refractivity contribution is 0.385. The lowest BCUT2D eigenvalue weighted by Gasteiger charge is -2.12. The largest absolute Gasteiger partial charge is 0.360 e. The Morgan fingerprint density at radius 3 is 2.45 bits per heavy atom. The summed E-state index contributed by atoms with van der Waals surface area (Å²) in [5, 5.41) is 4.32. The molecule has 0 aliphatic heterocycles. The fourth-order valence-corrected chi connectivity index (χ4v) is 3.44. The molecule has 2 rings (SSSR count). The summed E-state index contributed by atoms with van der Waals surface area (Å²) >= 11 is 9.06. The van der Waals surface area contributed by atoms with Gasteiger partial charge in [0.25, 0.3) is 0 Å². The van der Waals surface area contributed by atoms with Gasteiger partial charge in [-0.1, -0.05) is 16.8 Å². The molecule has 0 saturated heterocycles. The van der Waals surface area contributed by atoms with E-state index in [0.29, 0.717) is 20.9 Å². The molecule has 1 heterocycles. The number of aromatic nitrogens is 1. The summed E-state index contributed by atoms with van der Waals surface area (Å²) in [5.74, 6) is 0.595. The molecule has 0 aliphatic rings. The first-order chi connectivity index (χ1) is 9.31. The van der Waals surface area contributed by atoms with Gasteiger partial charge in [0.2, 0.25) is 10.0 Å². The van der Waals surface area contributed by atoms with Gasteiger partial charge in [-0.25, -0.2) is 13.1 Å². The molecule has 1 unspecified atom stereocenters. The third-order valence-electron chi connectivity index (χ3n) is 2.68. The summed E-state index contributed by atoms with van der Waals surface area (Å²) < 4.78 is 32.6. The molecule has 0 aliphatic carbocycles. The summed E-state index contributed by atoms with van der Waals surface area (Å²) in [6.07, 6.45) is 0. The predicted molar refractivity (Wildman–Crippen MR) is 79.1 cm³/mol. The predicted octanol–water partition coefficient (Wildman–Crippen LogP) is 3.44. The van der Waals surface area contributed by atoms with Crippen LogP contribution in [0.25, 0.3) is 0 Å². The van der Waals surface area contributed by atoms with Crippen LogP contribution in [-0.2, 0) is 10.0 Å². The van der Waals surface area contributed by atoms with Crippen LogP contribution in [0.1, 0.15) is 24.4 Å². The van der Waals surface area contributed by atoms with Crippen molar-refractivity contribution in [1.82, 2.24) is 9.88 Å². The van der Waals surface area contributed by atoms with E-state index < -0.39 is 16.1 Å². The molecule has 0 amide bonds. The Labute approximate surface area is 130 Å². The molecule has 20 heavy (non-hydrogen) atoms. The molecular formula is C12H12BrClN2O3S. The van der Waals surface area contributed by atoms with Crippen molar-refractivity contribution in [1.29, 1.82) is 0 Å². The third kappa shape index (κ3) is 3.22. The topological polar surface area (TPSA) is 72.2 Å². The highest BCUT2D eigenvalue weighted by molar-refractivity contribution is 9.10. The lowest BCUT2D eigenvalue weighted by atomic mass is 10.2. The van der Waals surface area contributed by atoms with Gasteiger partial charge in [-0.05, 0) is 54.0 Å². The molecule has 1 aromatic carbocycles. The van der Waals surface area contributed by atoms with E-state index in [1.165, 1.54) is 24.3 Å². The zero-order valence-electron chi connectivity index (χ0n) is 10.7. The first-order valence-corrected chi connectivity index (χ1v) is 8.36. The van der Waals surface area contributed by atoms with Crippen LogP contribution < -0.4 is 4.72 Å². The summed E-state index contributed by atoms with van der Waals surface area (Å²) in [6.45, 7) is 3.43. The van der Waals surface area contributed by atoms with Gasteiger partial charge in [-0.3, -0.25) is 0 Å². The number of hydrogen-bond acceptors (Lipinski definition) is 4. The molecule has 1 atom stereocenters. The van der Waals surface area contributed by atoms with Crippen LogP contribution in [0.4, 0.5) is 0 Å². The number of halogens is 2. The van der Waals surface area contributed by atoms with E-state index in [0.717, 1.165) is 0 Å². The maximum Gasteiger partial charge on any atom is 0.241 e. The van der Waals surface area contributed by atoms with Gasteiger partial charge in [-0.2, -0.15) is 0 Å². The van der Waals surface area contributed by atoms with Crippen molar-refractivity contribution < 1.29 is 12.9 Å². The Morgan fingerprint density at radius 2 is 1.95 bits per heavy atom. The zero-order valence-corrected chi connectivity index (χ0v) is 13.9. The van der Waals surface area contributed by atoms with Crippen LogP contribution in [0.15, 0.2) is 38.2 Å². The van der Waals surface area contributed by atoms with Crippen molar-refractivity contribution in [3.05, 3.63) is 45.2 Å². The Balaban J connectivity index is 2.24. The van der Waals surface area contributed by atoms with E-state index >= 15 is 0 Å². The van der Waals surface area contributed by atoms with E-state index in [4.69, 9.17) is 16.1 Å². The van der Waals surface area contributed by atoms with Gasteiger partial charge in [0.15, 0.2) is 0 Å². The maximum atomic E-state index is 12.2. The lowest BCUT2D eigenvalue weighted by Crippen LogP contribution is -2.27. The molecule has 8 heteroatoms. The van der Waals surface area contributed by atoms with Gasteiger partial charge < -0.3 is 4.52 Å². The molecule has 0 radical (unpaired) electrons. The molecular weight excluding hydrogens is 368 g/mol. The highest BCUT2D eigenvalue weighted by Gasteiger charge is 2.23. The number of hydrogen-bond donors (Lipinski definition) is 1. The minimum absolute atomic E-state index is 0.144. The van der Waals surface area contributed by atoms with E-state index in [-0.39, 0.29) is 4.90 Å². The average Bonchev–Trinajstić information content (AvgIpc) is 2.70. The summed E-state index contributed by atoms with van der Waals surface area (Å²) in [5.41, 5.74) is 0.500. The van der Waals surface area contributed by atoms with Gasteiger partial charge in [-0.15, -0.1) is 0 Å². The Morgan fingerprint density at radius 1 is 1.35 bits per heavy atom.